The molecule has 1 atom stereocenters. The van der Waals surface area contributed by atoms with Gasteiger partial charge in [-0.1, -0.05) is 18.2 Å². The molecule has 5 rings (SSSR count). The zero-order valence-corrected chi connectivity index (χ0v) is 22.0. The SMILES string of the molecule is Nc1cc(Cc2cc3ccc(S(=O)(=O)O)cc3cc2O)c2ccc(CN3CCC(NC(=O)C(F)(F)F)C3=O)cc2n1. The molecule has 1 unspecified atom stereocenters. The van der Waals surface area contributed by atoms with Gasteiger partial charge in [0.05, 0.1) is 10.4 Å². The van der Waals surface area contributed by atoms with Crippen LogP contribution in [0.15, 0.2) is 59.5 Å². The predicted octanol–water partition coefficient (Wildman–Crippen LogP) is 3.29. The molecule has 214 valence electrons. The Balaban J connectivity index is 1.38. The third-order valence-corrected chi connectivity index (χ3v) is 7.75. The standard InChI is InChI=1S/C27H23F3N4O6S/c28-27(29,30)26(37)33-21-5-6-34(25(21)36)13-14-1-4-20-17(12-24(31)32-22(20)7-14)9-18-8-15-2-3-19(41(38,39)40)10-16(15)11-23(18)35/h1-4,7-8,10-12,21,35H,5-6,9,13H2,(H2,31,32)(H,33,37)(H,38,39,40). The van der Waals surface area contributed by atoms with Gasteiger partial charge in [-0.2, -0.15) is 21.6 Å². The van der Waals surface area contributed by atoms with Crippen molar-refractivity contribution in [1.29, 1.82) is 0 Å². The number of phenols is 1. The Bertz CT molecular complexity index is 1830. The second-order valence-electron chi connectivity index (χ2n) is 9.77. The molecule has 10 nitrogen and oxygen atoms in total. The normalized spacial score (nSPS) is 16.0. The van der Waals surface area contributed by atoms with Crippen LogP contribution in [-0.4, -0.2) is 58.5 Å². The first kappa shape index (κ1) is 28.1. The van der Waals surface area contributed by atoms with Gasteiger partial charge in [0.1, 0.15) is 17.6 Å². The fourth-order valence-electron chi connectivity index (χ4n) is 4.92. The Morgan fingerprint density at radius 2 is 1.83 bits per heavy atom. The average molecular weight is 589 g/mol. The lowest BCUT2D eigenvalue weighted by atomic mass is 9.97. The molecule has 3 aromatic carbocycles. The van der Waals surface area contributed by atoms with Crippen molar-refractivity contribution in [3.63, 3.8) is 0 Å². The minimum atomic E-state index is -5.08. The Labute approximate surface area is 231 Å². The third kappa shape index (κ3) is 5.88. The van der Waals surface area contributed by atoms with Crippen LogP contribution in [0.1, 0.15) is 23.1 Å². The number of carbonyl (C=O) groups is 2. The molecule has 1 fully saturated rings. The molecule has 1 aromatic heterocycles. The Kier molecular flexibility index (Phi) is 6.99. The number of nitrogen functional groups attached to an aromatic ring is 1. The van der Waals surface area contributed by atoms with E-state index in [9.17, 15) is 40.8 Å². The minimum absolute atomic E-state index is 0.0515. The molecular formula is C27H23F3N4O6S. The number of pyridine rings is 1. The van der Waals surface area contributed by atoms with Crippen molar-refractivity contribution in [2.75, 3.05) is 12.3 Å². The summed E-state index contributed by atoms with van der Waals surface area (Å²) in [5, 5.41) is 14.2. The van der Waals surface area contributed by atoms with Crippen LogP contribution in [0.3, 0.4) is 0 Å². The first-order valence-electron chi connectivity index (χ1n) is 12.3. The molecule has 1 aliphatic rings. The topological polar surface area (TPSA) is 163 Å². The van der Waals surface area contributed by atoms with E-state index in [1.807, 2.05) is 0 Å². The number of nitrogens with zero attached hydrogens (tertiary/aromatic N) is 2. The van der Waals surface area contributed by atoms with Gasteiger partial charge < -0.3 is 21.1 Å². The number of amides is 2. The Morgan fingerprint density at radius 1 is 1.07 bits per heavy atom. The first-order valence-corrected chi connectivity index (χ1v) is 13.7. The predicted molar refractivity (Wildman–Crippen MR) is 142 cm³/mol. The van der Waals surface area contributed by atoms with Crippen LogP contribution in [0.4, 0.5) is 19.0 Å². The Morgan fingerprint density at radius 3 is 2.54 bits per heavy atom. The molecule has 41 heavy (non-hydrogen) atoms. The maximum absolute atomic E-state index is 12.6. The number of anilines is 1. The quantitative estimate of drug-likeness (QED) is 0.249. The molecule has 4 aromatic rings. The zero-order valence-electron chi connectivity index (χ0n) is 21.1. The molecule has 1 saturated heterocycles. The smallest absolute Gasteiger partial charge is 0.471 e. The van der Waals surface area contributed by atoms with Gasteiger partial charge in [0.2, 0.25) is 5.91 Å². The number of alkyl halides is 3. The molecule has 0 aliphatic carbocycles. The number of aromatic hydroxyl groups is 1. The molecule has 1 aliphatic heterocycles. The van der Waals surface area contributed by atoms with Gasteiger partial charge >= 0.3 is 12.1 Å². The highest BCUT2D eigenvalue weighted by Crippen LogP contribution is 2.31. The van der Waals surface area contributed by atoms with Crippen LogP contribution in [0.2, 0.25) is 0 Å². The number of nitrogens with two attached hydrogens (primary N) is 1. The van der Waals surface area contributed by atoms with Crippen molar-refractivity contribution in [1.82, 2.24) is 15.2 Å². The van der Waals surface area contributed by atoms with Crippen LogP contribution in [0.25, 0.3) is 21.7 Å². The third-order valence-electron chi connectivity index (χ3n) is 6.90. The van der Waals surface area contributed by atoms with Crippen LogP contribution >= 0.6 is 0 Å². The van der Waals surface area contributed by atoms with Crippen LogP contribution in [0, 0.1) is 0 Å². The van der Waals surface area contributed by atoms with Gasteiger partial charge in [-0.25, -0.2) is 4.98 Å². The van der Waals surface area contributed by atoms with Crippen LogP contribution in [0.5, 0.6) is 5.75 Å². The summed E-state index contributed by atoms with van der Waals surface area (Å²) in [5.74, 6) is -2.66. The second kappa shape index (κ2) is 10.2. The number of nitrogens with one attached hydrogen (secondary N) is 1. The molecule has 0 saturated carbocycles. The lowest BCUT2D eigenvalue weighted by molar-refractivity contribution is -0.174. The fraction of sp³-hybridized carbons (Fsp3) is 0.222. The number of rotatable bonds is 6. The van der Waals surface area contributed by atoms with E-state index in [2.05, 4.69) is 4.98 Å². The molecule has 5 N–H and O–H groups in total. The first-order chi connectivity index (χ1) is 19.2. The number of fused-ring (bicyclic) bond motifs is 2. The van der Waals surface area contributed by atoms with Gasteiger partial charge in [-0.15, -0.1) is 0 Å². The summed E-state index contributed by atoms with van der Waals surface area (Å²) < 4.78 is 69.9. The monoisotopic (exact) mass is 588 g/mol. The summed E-state index contributed by atoms with van der Waals surface area (Å²) in [6, 6.07) is 12.8. The molecular weight excluding hydrogens is 565 g/mol. The number of likely N-dealkylation sites (tertiary alicyclic amines) is 1. The van der Waals surface area contributed by atoms with Crippen molar-refractivity contribution in [3.05, 3.63) is 71.3 Å². The summed E-state index contributed by atoms with van der Waals surface area (Å²) >= 11 is 0. The maximum atomic E-state index is 12.6. The van der Waals surface area contributed by atoms with Gasteiger partial charge in [0.25, 0.3) is 10.1 Å². The van der Waals surface area contributed by atoms with Crippen molar-refractivity contribution in [3.8, 4) is 5.75 Å². The van der Waals surface area contributed by atoms with Crippen molar-refractivity contribution < 1.29 is 40.8 Å². The Hall–Kier alpha value is -4.43. The summed E-state index contributed by atoms with van der Waals surface area (Å²) in [5.41, 5.74) is 8.47. The number of aromatic nitrogens is 1. The van der Waals surface area contributed by atoms with Crippen molar-refractivity contribution in [2.45, 2.75) is 36.5 Å². The number of benzene rings is 3. The number of phenolic OH excluding ortho intramolecular Hbond substituents is 1. The lowest BCUT2D eigenvalue weighted by Gasteiger charge is -2.18. The summed E-state index contributed by atoms with van der Waals surface area (Å²) in [4.78, 5) is 29.2. The number of carbonyl (C=O) groups excluding carboxylic acids is 2. The van der Waals surface area contributed by atoms with E-state index in [0.29, 0.717) is 32.8 Å². The summed E-state index contributed by atoms with van der Waals surface area (Å²) in [7, 11) is -4.40. The van der Waals surface area contributed by atoms with E-state index in [0.717, 1.165) is 5.56 Å². The summed E-state index contributed by atoms with van der Waals surface area (Å²) in [6.07, 6.45) is -4.78. The molecule has 14 heteroatoms. The highest BCUT2D eigenvalue weighted by atomic mass is 32.2. The highest BCUT2D eigenvalue weighted by molar-refractivity contribution is 7.85. The number of halogens is 3. The van der Waals surface area contributed by atoms with E-state index >= 15 is 0 Å². The molecule has 2 heterocycles. The van der Waals surface area contributed by atoms with Crippen molar-refractivity contribution >= 4 is 49.4 Å². The lowest BCUT2D eigenvalue weighted by Crippen LogP contribution is -2.46. The van der Waals surface area contributed by atoms with Gasteiger partial charge in [0, 0.05) is 24.9 Å². The van der Waals surface area contributed by atoms with Gasteiger partial charge in [-0.3, -0.25) is 14.1 Å². The minimum Gasteiger partial charge on any atom is -0.508 e. The van der Waals surface area contributed by atoms with Gasteiger partial charge in [0.15, 0.2) is 0 Å². The van der Waals surface area contributed by atoms with E-state index < -0.39 is 34.2 Å². The van der Waals surface area contributed by atoms with E-state index in [1.165, 1.54) is 29.2 Å². The molecule has 0 radical (unpaired) electrons. The van der Waals surface area contributed by atoms with E-state index in [4.69, 9.17) is 5.73 Å². The van der Waals surface area contributed by atoms with E-state index in [-0.39, 0.29) is 42.4 Å². The molecule has 2 amide bonds. The van der Waals surface area contributed by atoms with Crippen LogP contribution in [-0.2, 0) is 32.7 Å². The molecule has 0 spiro atoms. The van der Waals surface area contributed by atoms with E-state index in [1.54, 1.807) is 35.6 Å². The maximum Gasteiger partial charge on any atom is 0.471 e. The average Bonchev–Trinajstić information content (AvgIpc) is 3.21. The highest BCUT2D eigenvalue weighted by Gasteiger charge is 2.42. The fourth-order valence-corrected chi connectivity index (χ4v) is 5.44. The van der Waals surface area contributed by atoms with Crippen LogP contribution < -0.4 is 11.1 Å². The zero-order chi connectivity index (χ0) is 29.7. The second-order valence-corrected chi connectivity index (χ2v) is 11.2. The largest absolute Gasteiger partial charge is 0.508 e. The van der Waals surface area contributed by atoms with Crippen molar-refractivity contribution in [2.24, 2.45) is 0 Å². The number of hydrogen-bond donors (Lipinski definition) is 4. The van der Waals surface area contributed by atoms with Gasteiger partial charge in [-0.05, 0) is 70.3 Å². The summed E-state index contributed by atoms with van der Waals surface area (Å²) in [6.45, 7) is 0.262. The molecule has 0 bridgehead atoms. The number of hydrogen-bond acceptors (Lipinski definition) is 7.